The van der Waals surface area contributed by atoms with Gasteiger partial charge in [0.25, 0.3) is 0 Å². The molecular formula is C22H27ClN2O5S. The minimum atomic E-state index is -3.71. The zero-order chi connectivity index (χ0) is 23.0. The van der Waals surface area contributed by atoms with Gasteiger partial charge < -0.3 is 14.8 Å². The first kappa shape index (κ1) is 23.2. The number of hydrogen-bond acceptors (Lipinski definition) is 5. The minimum Gasteiger partial charge on any atom is -0.497 e. The number of rotatable bonds is 6. The fourth-order valence-corrected chi connectivity index (χ4v) is 4.62. The van der Waals surface area contributed by atoms with Gasteiger partial charge in [0.1, 0.15) is 23.6 Å². The van der Waals surface area contributed by atoms with Gasteiger partial charge in [-0.05, 0) is 56.7 Å². The summed E-state index contributed by atoms with van der Waals surface area (Å²) in [7, 11) is -2.14. The fourth-order valence-electron chi connectivity index (χ4n) is 3.60. The highest BCUT2D eigenvalue weighted by molar-refractivity contribution is 7.92. The van der Waals surface area contributed by atoms with Crippen molar-refractivity contribution in [1.82, 2.24) is 5.32 Å². The van der Waals surface area contributed by atoms with Gasteiger partial charge >= 0.3 is 0 Å². The van der Waals surface area contributed by atoms with Crippen LogP contribution in [0.3, 0.4) is 0 Å². The molecule has 168 valence electrons. The number of carbonyl (C=O) groups excluding carboxylic acids is 1. The molecule has 0 aliphatic carbocycles. The molecule has 7 nitrogen and oxygen atoms in total. The van der Waals surface area contributed by atoms with Crippen LogP contribution in [0.2, 0.25) is 5.02 Å². The monoisotopic (exact) mass is 466 g/mol. The first-order valence-electron chi connectivity index (χ1n) is 9.80. The number of benzene rings is 2. The molecule has 0 saturated heterocycles. The van der Waals surface area contributed by atoms with E-state index in [0.717, 1.165) is 21.7 Å². The highest BCUT2D eigenvalue weighted by Gasteiger charge is 2.35. The van der Waals surface area contributed by atoms with Crippen LogP contribution in [0.4, 0.5) is 5.69 Å². The Balaban J connectivity index is 1.86. The van der Waals surface area contributed by atoms with E-state index in [4.69, 9.17) is 21.1 Å². The minimum absolute atomic E-state index is 0.336. The number of carbonyl (C=O) groups is 1. The van der Waals surface area contributed by atoms with E-state index in [1.54, 1.807) is 31.4 Å². The van der Waals surface area contributed by atoms with E-state index >= 15 is 0 Å². The third-order valence-electron chi connectivity index (χ3n) is 5.14. The van der Waals surface area contributed by atoms with Gasteiger partial charge in [-0.25, -0.2) is 8.42 Å². The molecule has 1 unspecified atom stereocenters. The third-order valence-corrected chi connectivity index (χ3v) is 6.69. The largest absolute Gasteiger partial charge is 0.497 e. The Morgan fingerprint density at radius 1 is 1.29 bits per heavy atom. The molecule has 9 heteroatoms. The maximum absolute atomic E-state index is 12.9. The van der Waals surface area contributed by atoms with Gasteiger partial charge in [-0.3, -0.25) is 9.10 Å². The van der Waals surface area contributed by atoms with Crippen LogP contribution in [0, 0.1) is 6.92 Å². The van der Waals surface area contributed by atoms with Crippen molar-refractivity contribution < 1.29 is 22.7 Å². The second kappa shape index (κ2) is 8.59. The Hall–Kier alpha value is -2.45. The van der Waals surface area contributed by atoms with Crippen LogP contribution in [0.1, 0.15) is 37.4 Å². The van der Waals surface area contributed by atoms with Crippen molar-refractivity contribution in [3.8, 4) is 11.5 Å². The Morgan fingerprint density at radius 3 is 2.61 bits per heavy atom. The summed E-state index contributed by atoms with van der Waals surface area (Å²) in [5.41, 5.74) is 1.44. The maximum atomic E-state index is 12.9. The van der Waals surface area contributed by atoms with Crippen LogP contribution in [0.25, 0.3) is 0 Å². The smallest absolute Gasteiger partial charge is 0.241 e. The number of nitrogens with zero attached hydrogens (tertiary/aromatic N) is 1. The molecule has 1 aliphatic heterocycles. The SMILES string of the molecule is COc1ccc2c(c1)C(NC(=O)CN(c1ccc(C)c(Cl)c1)S(C)(=O)=O)CC(C)(C)O2. The quantitative estimate of drug-likeness (QED) is 0.699. The Morgan fingerprint density at radius 2 is 2.00 bits per heavy atom. The zero-order valence-corrected chi connectivity index (χ0v) is 19.8. The number of amides is 1. The van der Waals surface area contributed by atoms with Gasteiger partial charge in [0.15, 0.2) is 0 Å². The second-order valence-electron chi connectivity index (χ2n) is 8.29. The molecular weight excluding hydrogens is 440 g/mol. The Bertz CT molecular complexity index is 1100. The van der Waals surface area contributed by atoms with E-state index in [-0.39, 0.29) is 12.6 Å². The number of aryl methyl sites for hydroxylation is 1. The highest BCUT2D eigenvalue weighted by atomic mass is 35.5. The molecule has 0 radical (unpaired) electrons. The average Bonchev–Trinajstić information content (AvgIpc) is 2.66. The van der Waals surface area contributed by atoms with Gasteiger partial charge in [0.05, 0.1) is 25.1 Å². The lowest BCUT2D eigenvalue weighted by Crippen LogP contribution is -2.45. The topological polar surface area (TPSA) is 84.9 Å². The van der Waals surface area contributed by atoms with Crippen LogP contribution in [0.15, 0.2) is 36.4 Å². The van der Waals surface area contributed by atoms with Gasteiger partial charge in [0, 0.05) is 17.0 Å². The number of sulfonamides is 1. The van der Waals surface area contributed by atoms with Crippen molar-refractivity contribution >= 4 is 33.2 Å². The van der Waals surface area contributed by atoms with Crippen LogP contribution < -0.4 is 19.1 Å². The number of nitrogens with one attached hydrogen (secondary N) is 1. The van der Waals surface area contributed by atoms with Gasteiger partial charge in [-0.2, -0.15) is 0 Å². The van der Waals surface area contributed by atoms with Gasteiger partial charge in [-0.1, -0.05) is 17.7 Å². The maximum Gasteiger partial charge on any atom is 0.241 e. The van der Waals surface area contributed by atoms with Crippen LogP contribution in [0.5, 0.6) is 11.5 Å². The van der Waals surface area contributed by atoms with Crippen LogP contribution in [-0.4, -0.2) is 39.8 Å². The van der Waals surface area contributed by atoms with Crippen molar-refractivity contribution in [2.45, 2.75) is 38.8 Å². The standard InChI is InChI=1S/C22H27ClN2O5S/c1-14-6-7-15(10-18(14)23)25(31(5,27)28)13-21(26)24-19-12-22(2,3)30-20-9-8-16(29-4)11-17(19)20/h6-11,19H,12-13H2,1-5H3,(H,24,26). The molecule has 0 spiro atoms. The average molecular weight is 467 g/mol. The number of hydrogen-bond donors (Lipinski definition) is 1. The van der Waals surface area contributed by atoms with Crippen molar-refractivity contribution in [2.24, 2.45) is 0 Å². The fraction of sp³-hybridized carbons (Fsp3) is 0.409. The Kier molecular flexibility index (Phi) is 6.43. The lowest BCUT2D eigenvalue weighted by atomic mass is 9.89. The third kappa shape index (κ3) is 5.43. The van der Waals surface area contributed by atoms with Crippen molar-refractivity contribution in [2.75, 3.05) is 24.2 Å². The predicted molar refractivity (Wildman–Crippen MR) is 122 cm³/mol. The van der Waals surface area contributed by atoms with Crippen molar-refractivity contribution in [3.63, 3.8) is 0 Å². The summed E-state index contributed by atoms with van der Waals surface area (Å²) in [6.45, 7) is 5.34. The van der Waals surface area contributed by atoms with E-state index in [0.29, 0.717) is 28.6 Å². The summed E-state index contributed by atoms with van der Waals surface area (Å²) in [5.74, 6) is 0.875. The molecule has 0 bridgehead atoms. The molecule has 0 fully saturated rings. The molecule has 1 N–H and O–H groups in total. The molecule has 1 heterocycles. The van der Waals surface area contributed by atoms with E-state index in [1.165, 1.54) is 0 Å². The summed E-state index contributed by atoms with van der Waals surface area (Å²) >= 11 is 6.17. The summed E-state index contributed by atoms with van der Waals surface area (Å²) in [6, 6.07) is 9.97. The predicted octanol–water partition coefficient (Wildman–Crippen LogP) is 3.84. The number of fused-ring (bicyclic) bond motifs is 1. The zero-order valence-electron chi connectivity index (χ0n) is 18.2. The van der Waals surface area contributed by atoms with E-state index in [9.17, 15) is 13.2 Å². The molecule has 0 aromatic heterocycles. The van der Waals surface area contributed by atoms with Crippen LogP contribution in [-0.2, 0) is 14.8 Å². The summed E-state index contributed by atoms with van der Waals surface area (Å²) in [6.07, 6.45) is 1.58. The normalized spacial score (nSPS) is 17.3. The molecule has 31 heavy (non-hydrogen) atoms. The number of ether oxygens (including phenoxy) is 2. The molecule has 3 rings (SSSR count). The number of methoxy groups -OCH3 is 1. The lowest BCUT2D eigenvalue weighted by Gasteiger charge is -2.38. The van der Waals surface area contributed by atoms with Gasteiger partial charge in [0.2, 0.25) is 15.9 Å². The first-order valence-corrected chi connectivity index (χ1v) is 12.0. The molecule has 1 amide bonds. The van der Waals surface area contributed by atoms with E-state index < -0.39 is 21.5 Å². The first-order chi connectivity index (χ1) is 14.4. The van der Waals surface area contributed by atoms with Crippen molar-refractivity contribution in [1.29, 1.82) is 0 Å². The highest BCUT2D eigenvalue weighted by Crippen LogP contribution is 2.41. The number of anilines is 1. The van der Waals surface area contributed by atoms with Gasteiger partial charge in [-0.15, -0.1) is 0 Å². The second-order valence-corrected chi connectivity index (χ2v) is 10.6. The number of halogens is 1. The summed E-state index contributed by atoms with van der Waals surface area (Å²) in [5, 5.41) is 3.40. The molecule has 2 aromatic rings. The van der Waals surface area contributed by atoms with Crippen molar-refractivity contribution in [3.05, 3.63) is 52.5 Å². The Labute approximate surface area is 188 Å². The van der Waals surface area contributed by atoms with Crippen LogP contribution >= 0.6 is 11.6 Å². The van der Waals surface area contributed by atoms with E-state index in [2.05, 4.69) is 5.32 Å². The molecule has 0 saturated carbocycles. The summed E-state index contributed by atoms with van der Waals surface area (Å²) in [4.78, 5) is 12.9. The molecule has 2 aromatic carbocycles. The summed E-state index contributed by atoms with van der Waals surface area (Å²) < 4.78 is 37.2. The molecule has 1 atom stereocenters. The molecule has 1 aliphatic rings. The lowest BCUT2D eigenvalue weighted by molar-refractivity contribution is -0.120. The van der Waals surface area contributed by atoms with E-state index in [1.807, 2.05) is 32.9 Å².